The molecule has 0 aromatic heterocycles. The smallest absolute Gasteiger partial charge is 0.338 e. The van der Waals surface area contributed by atoms with Crippen molar-refractivity contribution >= 4 is 5.97 Å². The lowest BCUT2D eigenvalue weighted by molar-refractivity contribution is -0.158. The molecule has 0 heterocycles. The molecule has 0 radical (unpaired) electrons. The summed E-state index contributed by atoms with van der Waals surface area (Å²) in [5.41, 5.74) is 0. The van der Waals surface area contributed by atoms with Crippen molar-refractivity contribution in [1.29, 1.82) is 0 Å². The average Bonchev–Trinajstić information content (AvgIpc) is 2.21. The van der Waals surface area contributed by atoms with Gasteiger partial charge in [0, 0.05) is 0 Å². The van der Waals surface area contributed by atoms with Crippen LogP contribution < -0.4 is 0 Å². The quantitative estimate of drug-likeness (QED) is 0.461. The van der Waals surface area contributed by atoms with Gasteiger partial charge in [-0.3, -0.25) is 0 Å². The van der Waals surface area contributed by atoms with Crippen LogP contribution in [0.4, 0.5) is 0 Å². The van der Waals surface area contributed by atoms with Crippen molar-refractivity contribution in [3.63, 3.8) is 0 Å². The van der Waals surface area contributed by atoms with Crippen LogP contribution >= 0.6 is 0 Å². The third-order valence-electron chi connectivity index (χ3n) is 1.62. The maximum atomic E-state index is 11.0. The molecule has 0 aliphatic rings. The van der Waals surface area contributed by atoms with Crippen LogP contribution in [0.3, 0.4) is 0 Å². The molecule has 80 valence electrons. The Labute approximate surface area is 83.5 Å². The van der Waals surface area contributed by atoms with Crippen LogP contribution in [0.1, 0.15) is 12.8 Å². The van der Waals surface area contributed by atoms with Crippen molar-refractivity contribution in [2.75, 3.05) is 6.61 Å². The van der Waals surface area contributed by atoms with Crippen molar-refractivity contribution in [2.45, 2.75) is 25.0 Å². The number of hydrogen-bond donors (Lipinski definition) is 2. The minimum Gasteiger partial charge on any atom is -0.459 e. The van der Waals surface area contributed by atoms with Crippen LogP contribution in [0, 0.1) is 0 Å². The molecule has 4 nitrogen and oxygen atoms in total. The highest BCUT2D eigenvalue weighted by atomic mass is 16.5. The van der Waals surface area contributed by atoms with Gasteiger partial charge in [-0.15, -0.1) is 6.58 Å². The summed E-state index contributed by atoms with van der Waals surface area (Å²) < 4.78 is 4.56. The molecular weight excluding hydrogens is 184 g/mol. The monoisotopic (exact) mass is 200 g/mol. The predicted molar refractivity (Wildman–Crippen MR) is 52.6 cm³/mol. The first-order valence-corrected chi connectivity index (χ1v) is 4.38. The van der Waals surface area contributed by atoms with E-state index in [1.54, 1.807) is 6.08 Å². The van der Waals surface area contributed by atoms with Crippen LogP contribution in [-0.4, -0.2) is 35.0 Å². The second-order valence-electron chi connectivity index (χ2n) is 2.80. The summed E-state index contributed by atoms with van der Waals surface area (Å²) in [6, 6.07) is 0. The number of carbonyl (C=O) groups excluding carboxylic acids is 1. The van der Waals surface area contributed by atoms with E-state index in [2.05, 4.69) is 17.9 Å². The lowest BCUT2D eigenvalue weighted by Crippen LogP contribution is -2.35. The fourth-order valence-corrected chi connectivity index (χ4v) is 0.830. The summed E-state index contributed by atoms with van der Waals surface area (Å²) in [5.74, 6) is -0.832. The number of aliphatic hydroxyl groups excluding tert-OH is 2. The summed E-state index contributed by atoms with van der Waals surface area (Å²) in [4.78, 5) is 11.0. The minimum atomic E-state index is -1.49. The molecule has 0 rings (SSSR count). The Balaban J connectivity index is 3.89. The molecule has 14 heavy (non-hydrogen) atoms. The number of ether oxygens (including phenoxy) is 1. The normalized spacial score (nSPS) is 14.1. The van der Waals surface area contributed by atoms with E-state index in [4.69, 9.17) is 0 Å². The standard InChI is InChI=1S/C10H16O4/c1-3-5-6-8(11)9(12)10(13)14-7-4-2/h3-4,8-9,11-12H,1-2,5-7H2. The largest absolute Gasteiger partial charge is 0.459 e. The number of aliphatic hydroxyl groups is 2. The molecule has 2 N–H and O–H groups in total. The van der Waals surface area contributed by atoms with E-state index >= 15 is 0 Å². The van der Waals surface area contributed by atoms with E-state index in [1.807, 2.05) is 0 Å². The topological polar surface area (TPSA) is 66.8 Å². The second kappa shape index (κ2) is 7.29. The number of rotatable bonds is 7. The summed E-state index contributed by atoms with van der Waals surface area (Å²) in [5, 5.41) is 18.5. The van der Waals surface area contributed by atoms with Crippen molar-refractivity contribution in [1.82, 2.24) is 0 Å². The third-order valence-corrected chi connectivity index (χ3v) is 1.62. The first-order chi connectivity index (χ1) is 6.63. The lowest BCUT2D eigenvalue weighted by Gasteiger charge is -2.15. The molecule has 0 aliphatic heterocycles. The van der Waals surface area contributed by atoms with Gasteiger partial charge in [0.1, 0.15) is 6.61 Å². The molecule has 4 heteroatoms. The Hall–Kier alpha value is -1.13. The van der Waals surface area contributed by atoms with Crippen LogP contribution in [-0.2, 0) is 9.53 Å². The SMILES string of the molecule is C=CCCC(O)C(O)C(=O)OCC=C. The minimum absolute atomic E-state index is 0.0318. The van der Waals surface area contributed by atoms with Gasteiger partial charge in [-0.2, -0.15) is 0 Å². The van der Waals surface area contributed by atoms with Gasteiger partial charge in [-0.1, -0.05) is 18.7 Å². The molecule has 0 saturated carbocycles. The highest BCUT2D eigenvalue weighted by Gasteiger charge is 2.24. The summed E-state index contributed by atoms with van der Waals surface area (Å²) in [6.07, 6.45) is 1.22. The number of allylic oxidation sites excluding steroid dienone is 1. The van der Waals surface area contributed by atoms with Crippen molar-refractivity contribution in [3.05, 3.63) is 25.3 Å². The summed E-state index contributed by atoms with van der Waals surface area (Å²) in [7, 11) is 0. The zero-order valence-electron chi connectivity index (χ0n) is 8.06. The molecule has 0 spiro atoms. The number of esters is 1. The Morgan fingerprint density at radius 3 is 2.50 bits per heavy atom. The predicted octanol–water partition coefficient (Wildman–Crippen LogP) is 0.404. The molecule has 0 amide bonds. The van der Waals surface area contributed by atoms with Gasteiger partial charge in [-0.05, 0) is 12.8 Å². The lowest BCUT2D eigenvalue weighted by atomic mass is 10.1. The van der Waals surface area contributed by atoms with Gasteiger partial charge in [0.15, 0.2) is 6.10 Å². The molecule has 0 aliphatic carbocycles. The molecule has 2 unspecified atom stereocenters. The third kappa shape index (κ3) is 4.79. The summed E-state index contributed by atoms with van der Waals surface area (Å²) >= 11 is 0. The van der Waals surface area contributed by atoms with Crippen molar-refractivity contribution in [2.24, 2.45) is 0 Å². The van der Waals surface area contributed by atoms with E-state index in [-0.39, 0.29) is 13.0 Å². The second-order valence-corrected chi connectivity index (χ2v) is 2.80. The zero-order chi connectivity index (χ0) is 11.0. The van der Waals surface area contributed by atoms with Gasteiger partial charge >= 0.3 is 5.97 Å². The highest BCUT2D eigenvalue weighted by Crippen LogP contribution is 2.04. The number of hydrogen-bond acceptors (Lipinski definition) is 4. The van der Waals surface area contributed by atoms with E-state index in [1.165, 1.54) is 6.08 Å². The highest BCUT2D eigenvalue weighted by molar-refractivity contribution is 5.75. The molecule has 0 fully saturated rings. The fourth-order valence-electron chi connectivity index (χ4n) is 0.830. The fraction of sp³-hybridized carbons (Fsp3) is 0.500. The molecular formula is C10H16O4. The van der Waals surface area contributed by atoms with Crippen LogP contribution in [0.25, 0.3) is 0 Å². The first kappa shape index (κ1) is 12.9. The van der Waals surface area contributed by atoms with E-state index < -0.39 is 18.2 Å². The first-order valence-electron chi connectivity index (χ1n) is 4.38. The van der Waals surface area contributed by atoms with Crippen LogP contribution in [0.15, 0.2) is 25.3 Å². The van der Waals surface area contributed by atoms with E-state index in [9.17, 15) is 15.0 Å². The van der Waals surface area contributed by atoms with Crippen LogP contribution in [0.5, 0.6) is 0 Å². The van der Waals surface area contributed by atoms with Gasteiger partial charge in [0.05, 0.1) is 6.10 Å². The van der Waals surface area contributed by atoms with Gasteiger partial charge in [-0.25, -0.2) is 4.79 Å². The Bertz CT molecular complexity index is 200. The van der Waals surface area contributed by atoms with Crippen molar-refractivity contribution in [3.8, 4) is 0 Å². The maximum absolute atomic E-state index is 11.0. The van der Waals surface area contributed by atoms with E-state index in [0.717, 1.165) is 0 Å². The number of carbonyl (C=O) groups is 1. The summed E-state index contributed by atoms with van der Waals surface area (Å²) in [6.45, 7) is 6.85. The zero-order valence-corrected chi connectivity index (χ0v) is 8.06. The van der Waals surface area contributed by atoms with Crippen molar-refractivity contribution < 1.29 is 19.7 Å². The molecule has 0 aromatic carbocycles. The molecule has 0 aromatic rings. The molecule has 2 atom stereocenters. The Morgan fingerprint density at radius 2 is 2.00 bits per heavy atom. The van der Waals surface area contributed by atoms with E-state index in [0.29, 0.717) is 6.42 Å². The van der Waals surface area contributed by atoms with Gasteiger partial charge in [0.25, 0.3) is 0 Å². The maximum Gasteiger partial charge on any atom is 0.338 e. The average molecular weight is 200 g/mol. The van der Waals surface area contributed by atoms with Crippen LogP contribution in [0.2, 0.25) is 0 Å². The van der Waals surface area contributed by atoms with Gasteiger partial charge in [0.2, 0.25) is 0 Å². The molecule has 0 bridgehead atoms. The Kier molecular flexibility index (Phi) is 6.70. The Morgan fingerprint density at radius 1 is 1.36 bits per heavy atom. The van der Waals surface area contributed by atoms with Gasteiger partial charge < -0.3 is 14.9 Å². The molecule has 0 saturated heterocycles.